The summed E-state index contributed by atoms with van der Waals surface area (Å²) in [5.41, 5.74) is 0. The predicted octanol–water partition coefficient (Wildman–Crippen LogP) is 1.57. The van der Waals surface area contributed by atoms with Gasteiger partial charge in [-0.3, -0.25) is 9.59 Å². The maximum Gasteiger partial charge on any atom is 0.306 e. The average molecular weight is 225 g/mol. The molecule has 2 N–H and O–H groups in total. The monoisotopic (exact) mass is 225 g/mol. The summed E-state index contributed by atoms with van der Waals surface area (Å²) in [6.45, 7) is 5.47. The second kappa shape index (κ2) is 5.68. The summed E-state index contributed by atoms with van der Waals surface area (Å²) in [5, 5.41) is 11.7. The van der Waals surface area contributed by atoms with Crippen molar-refractivity contribution in [3.05, 3.63) is 12.7 Å². The van der Waals surface area contributed by atoms with Crippen molar-refractivity contribution < 1.29 is 14.7 Å². The third kappa shape index (κ3) is 3.36. The van der Waals surface area contributed by atoms with Crippen molar-refractivity contribution in [3.63, 3.8) is 0 Å². The van der Waals surface area contributed by atoms with E-state index in [-0.39, 0.29) is 23.8 Å². The fourth-order valence-corrected chi connectivity index (χ4v) is 2.00. The topological polar surface area (TPSA) is 66.4 Å². The molecule has 90 valence electrons. The third-order valence-corrected chi connectivity index (χ3v) is 3.17. The Bertz CT molecular complexity index is 280. The molecule has 0 aromatic rings. The summed E-state index contributed by atoms with van der Waals surface area (Å²) in [6.07, 6.45) is 4.24. The van der Waals surface area contributed by atoms with Crippen LogP contribution in [-0.4, -0.2) is 23.0 Å². The van der Waals surface area contributed by atoms with Gasteiger partial charge in [0.15, 0.2) is 0 Å². The number of aliphatic carboxylic acids is 1. The third-order valence-electron chi connectivity index (χ3n) is 3.17. The second-order valence-electron chi connectivity index (χ2n) is 4.42. The number of amides is 1. The fourth-order valence-electron chi connectivity index (χ4n) is 2.00. The van der Waals surface area contributed by atoms with E-state index in [1.165, 1.54) is 0 Å². The van der Waals surface area contributed by atoms with Gasteiger partial charge in [0.05, 0.1) is 5.92 Å². The maximum atomic E-state index is 11.7. The molecule has 4 nitrogen and oxygen atoms in total. The van der Waals surface area contributed by atoms with Crippen molar-refractivity contribution in [2.24, 2.45) is 11.8 Å². The van der Waals surface area contributed by atoms with Gasteiger partial charge >= 0.3 is 5.97 Å². The van der Waals surface area contributed by atoms with Crippen molar-refractivity contribution in [2.75, 3.05) is 0 Å². The molecule has 4 heteroatoms. The van der Waals surface area contributed by atoms with E-state index >= 15 is 0 Å². The van der Waals surface area contributed by atoms with Gasteiger partial charge in [-0.1, -0.05) is 6.08 Å². The molecule has 1 aliphatic rings. The molecule has 1 fully saturated rings. The van der Waals surface area contributed by atoms with Crippen LogP contribution in [0.2, 0.25) is 0 Å². The summed E-state index contributed by atoms with van der Waals surface area (Å²) in [4.78, 5) is 22.5. The Morgan fingerprint density at radius 2 is 1.81 bits per heavy atom. The van der Waals surface area contributed by atoms with Gasteiger partial charge in [-0.15, -0.1) is 6.58 Å². The summed E-state index contributed by atoms with van der Waals surface area (Å²) in [7, 11) is 0. The first kappa shape index (κ1) is 12.7. The van der Waals surface area contributed by atoms with Crippen molar-refractivity contribution in [3.8, 4) is 0 Å². The van der Waals surface area contributed by atoms with Gasteiger partial charge in [-0.2, -0.15) is 0 Å². The number of carboxylic acid groups (broad SMARTS) is 1. The lowest BCUT2D eigenvalue weighted by molar-refractivity contribution is -0.144. The van der Waals surface area contributed by atoms with Crippen molar-refractivity contribution >= 4 is 11.9 Å². The number of hydrogen-bond donors (Lipinski definition) is 2. The highest BCUT2D eigenvalue weighted by molar-refractivity contribution is 5.79. The fraction of sp³-hybridized carbons (Fsp3) is 0.667. The lowest BCUT2D eigenvalue weighted by atomic mass is 9.81. The van der Waals surface area contributed by atoms with Gasteiger partial charge in [-0.05, 0) is 32.6 Å². The summed E-state index contributed by atoms with van der Waals surface area (Å²) in [5.74, 6) is -1.01. The molecule has 0 saturated heterocycles. The quantitative estimate of drug-likeness (QED) is 0.714. The molecule has 1 atom stereocenters. The SMILES string of the molecule is C=CC(C)NC(=O)C1CCC(C(=O)O)CC1. The van der Waals surface area contributed by atoms with Crippen molar-refractivity contribution in [1.82, 2.24) is 5.32 Å². The van der Waals surface area contributed by atoms with E-state index in [9.17, 15) is 9.59 Å². The van der Waals surface area contributed by atoms with Crippen LogP contribution in [0.5, 0.6) is 0 Å². The molecule has 0 bridgehead atoms. The van der Waals surface area contributed by atoms with Gasteiger partial charge in [0.25, 0.3) is 0 Å². The summed E-state index contributed by atoms with van der Waals surface area (Å²) < 4.78 is 0. The minimum absolute atomic E-state index is 0.0234. The zero-order chi connectivity index (χ0) is 12.1. The minimum Gasteiger partial charge on any atom is -0.481 e. The lowest BCUT2D eigenvalue weighted by Crippen LogP contribution is -2.38. The normalized spacial score (nSPS) is 26.8. The Balaban J connectivity index is 2.38. The van der Waals surface area contributed by atoms with Gasteiger partial charge in [0.1, 0.15) is 0 Å². The first-order chi connectivity index (χ1) is 7.54. The van der Waals surface area contributed by atoms with Crippen LogP contribution < -0.4 is 5.32 Å². The van der Waals surface area contributed by atoms with Crippen LogP contribution in [-0.2, 0) is 9.59 Å². The van der Waals surface area contributed by atoms with E-state index in [1.807, 2.05) is 6.92 Å². The molecular formula is C12H19NO3. The van der Waals surface area contributed by atoms with E-state index in [0.717, 1.165) is 0 Å². The second-order valence-corrected chi connectivity index (χ2v) is 4.42. The van der Waals surface area contributed by atoms with Crippen molar-refractivity contribution in [1.29, 1.82) is 0 Å². The Morgan fingerprint density at radius 1 is 1.31 bits per heavy atom. The number of carboxylic acids is 1. The van der Waals surface area contributed by atoms with Gasteiger partial charge in [0.2, 0.25) is 5.91 Å². The number of carbonyl (C=O) groups excluding carboxylic acids is 1. The Morgan fingerprint density at radius 3 is 2.25 bits per heavy atom. The lowest BCUT2D eigenvalue weighted by Gasteiger charge is -2.26. The van der Waals surface area contributed by atoms with E-state index < -0.39 is 5.97 Å². The number of rotatable bonds is 4. The predicted molar refractivity (Wildman–Crippen MR) is 60.9 cm³/mol. The molecule has 1 unspecified atom stereocenters. The number of hydrogen-bond acceptors (Lipinski definition) is 2. The number of nitrogens with one attached hydrogen (secondary N) is 1. The van der Waals surface area contributed by atoms with Crippen LogP contribution >= 0.6 is 0 Å². The Kier molecular flexibility index (Phi) is 4.52. The van der Waals surface area contributed by atoms with Gasteiger partial charge < -0.3 is 10.4 Å². The maximum absolute atomic E-state index is 11.7. The molecule has 1 saturated carbocycles. The molecule has 16 heavy (non-hydrogen) atoms. The van der Waals surface area contributed by atoms with E-state index in [1.54, 1.807) is 6.08 Å². The molecular weight excluding hydrogens is 206 g/mol. The van der Waals surface area contributed by atoms with Crippen LogP contribution in [0.25, 0.3) is 0 Å². The van der Waals surface area contributed by atoms with Crippen LogP contribution in [0.15, 0.2) is 12.7 Å². The van der Waals surface area contributed by atoms with E-state index in [2.05, 4.69) is 11.9 Å². The summed E-state index contributed by atoms with van der Waals surface area (Å²) >= 11 is 0. The zero-order valence-electron chi connectivity index (χ0n) is 9.61. The zero-order valence-corrected chi connectivity index (χ0v) is 9.61. The van der Waals surface area contributed by atoms with Crippen LogP contribution in [0.3, 0.4) is 0 Å². The van der Waals surface area contributed by atoms with Crippen LogP contribution in [0, 0.1) is 11.8 Å². The molecule has 0 heterocycles. The van der Waals surface area contributed by atoms with Gasteiger partial charge in [-0.25, -0.2) is 0 Å². The van der Waals surface area contributed by atoms with Crippen LogP contribution in [0.4, 0.5) is 0 Å². The highest BCUT2D eigenvalue weighted by atomic mass is 16.4. The largest absolute Gasteiger partial charge is 0.481 e. The Hall–Kier alpha value is -1.32. The molecule has 1 amide bonds. The van der Waals surface area contributed by atoms with Crippen LogP contribution in [0.1, 0.15) is 32.6 Å². The van der Waals surface area contributed by atoms with E-state index in [0.29, 0.717) is 25.7 Å². The minimum atomic E-state index is -0.738. The molecule has 1 aliphatic carbocycles. The van der Waals surface area contributed by atoms with Crippen molar-refractivity contribution in [2.45, 2.75) is 38.6 Å². The Labute approximate surface area is 95.7 Å². The molecule has 1 rings (SSSR count). The van der Waals surface area contributed by atoms with Gasteiger partial charge in [0, 0.05) is 12.0 Å². The molecule has 0 radical (unpaired) electrons. The average Bonchev–Trinajstić information content (AvgIpc) is 2.28. The standard InChI is InChI=1S/C12H19NO3/c1-3-8(2)13-11(14)9-4-6-10(7-5-9)12(15)16/h3,8-10H,1,4-7H2,2H3,(H,13,14)(H,15,16). The highest BCUT2D eigenvalue weighted by Crippen LogP contribution is 2.29. The molecule has 0 aliphatic heterocycles. The summed E-state index contributed by atoms with van der Waals surface area (Å²) in [6, 6.07) is -0.0234. The smallest absolute Gasteiger partial charge is 0.306 e. The highest BCUT2D eigenvalue weighted by Gasteiger charge is 2.29. The first-order valence-corrected chi connectivity index (χ1v) is 5.70. The number of carbonyl (C=O) groups is 2. The first-order valence-electron chi connectivity index (χ1n) is 5.70. The molecule has 0 aromatic heterocycles. The molecule has 0 aromatic carbocycles. The van der Waals surface area contributed by atoms with E-state index in [4.69, 9.17) is 5.11 Å². The molecule has 0 spiro atoms.